The zero-order valence-electron chi connectivity index (χ0n) is 10.6. The Balaban J connectivity index is 2.25. The van der Waals surface area contributed by atoms with Crippen molar-refractivity contribution in [2.75, 3.05) is 5.73 Å². The molecular formula is C15H11FN4. The molecule has 1 aromatic carbocycles. The lowest BCUT2D eigenvalue weighted by Gasteiger charge is -2.07. The van der Waals surface area contributed by atoms with E-state index in [-0.39, 0.29) is 11.6 Å². The second kappa shape index (κ2) is 3.70. The molecule has 0 atom stereocenters. The number of fused-ring (bicyclic) bond motifs is 3. The summed E-state index contributed by atoms with van der Waals surface area (Å²) in [5.41, 5.74) is 7.82. The number of hydrogen-bond donors (Lipinski definition) is 1. The van der Waals surface area contributed by atoms with Gasteiger partial charge in [0.2, 0.25) is 0 Å². The molecule has 1 fully saturated rings. The average molecular weight is 266 g/mol. The first-order valence-corrected chi connectivity index (χ1v) is 6.49. The molecule has 0 radical (unpaired) electrons. The van der Waals surface area contributed by atoms with Crippen molar-refractivity contribution in [2.24, 2.45) is 0 Å². The molecule has 4 nitrogen and oxygen atoms in total. The summed E-state index contributed by atoms with van der Waals surface area (Å²) < 4.78 is 15.3. The Hall–Kier alpha value is -2.61. The van der Waals surface area contributed by atoms with Crippen LogP contribution in [-0.2, 0) is 0 Å². The smallest absolute Gasteiger partial charge is 0.164 e. The van der Waals surface area contributed by atoms with Gasteiger partial charge >= 0.3 is 0 Å². The first-order valence-electron chi connectivity index (χ1n) is 6.49. The number of nitrogen functional groups attached to an aromatic ring is 1. The van der Waals surface area contributed by atoms with Gasteiger partial charge in [-0.3, -0.25) is 0 Å². The zero-order valence-corrected chi connectivity index (χ0v) is 10.6. The van der Waals surface area contributed by atoms with E-state index in [4.69, 9.17) is 5.73 Å². The molecule has 0 unspecified atom stereocenters. The number of aromatic nitrogens is 2. The van der Waals surface area contributed by atoms with Crippen LogP contribution in [0, 0.1) is 17.1 Å². The normalized spacial score (nSPS) is 14.8. The van der Waals surface area contributed by atoms with Crippen molar-refractivity contribution in [3.8, 4) is 6.07 Å². The second-order valence-electron chi connectivity index (χ2n) is 5.21. The quantitative estimate of drug-likeness (QED) is 0.736. The van der Waals surface area contributed by atoms with Crippen molar-refractivity contribution in [2.45, 2.75) is 18.8 Å². The average Bonchev–Trinajstić information content (AvgIpc) is 3.20. The molecule has 3 aromatic rings. The molecule has 2 aromatic heterocycles. The van der Waals surface area contributed by atoms with Crippen molar-refractivity contribution in [3.05, 3.63) is 41.3 Å². The van der Waals surface area contributed by atoms with Crippen LogP contribution in [0.4, 0.5) is 10.2 Å². The molecule has 1 saturated carbocycles. The number of hydrogen-bond acceptors (Lipinski definition) is 3. The number of nitrogens with two attached hydrogens (primary N) is 1. The van der Waals surface area contributed by atoms with E-state index in [2.05, 4.69) is 11.2 Å². The van der Waals surface area contributed by atoms with Crippen LogP contribution in [0.5, 0.6) is 0 Å². The molecule has 2 heterocycles. The summed E-state index contributed by atoms with van der Waals surface area (Å²) in [5, 5.41) is 15.2. The summed E-state index contributed by atoms with van der Waals surface area (Å²) in [4.78, 5) is 0. The number of benzene rings is 1. The predicted octanol–water partition coefficient (Wildman–Crippen LogP) is 2.96. The van der Waals surface area contributed by atoms with Crippen LogP contribution < -0.4 is 5.73 Å². The molecule has 1 aliphatic carbocycles. The molecule has 1 aliphatic rings. The second-order valence-corrected chi connectivity index (χ2v) is 5.21. The molecule has 0 saturated heterocycles. The van der Waals surface area contributed by atoms with Gasteiger partial charge in [-0.1, -0.05) is 6.07 Å². The third kappa shape index (κ3) is 1.42. The lowest BCUT2D eigenvalue weighted by molar-refractivity contribution is 0.629. The fourth-order valence-electron chi connectivity index (χ4n) is 2.73. The van der Waals surface area contributed by atoms with Crippen LogP contribution in [0.25, 0.3) is 16.3 Å². The van der Waals surface area contributed by atoms with Crippen LogP contribution in [-0.4, -0.2) is 9.61 Å². The molecule has 0 amide bonds. The minimum atomic E-state index is -0.331. The van der Waals surface area contributed by atoms with Crippen LogP contribution in [0.1, 0.15) is 30.0 Å². The molecule has 98 valence electrons. The van der Waals surface area contributed by atoms with Crippen LogP contribution in [0.2, 0.25) is 0 Å². The number of nitriles is 1. The summed E-state index contributed by atoms with van der Waals surface area (Å²) in [5.74, 6) is 0.325. The van der Waals surface area contributed by atoms with Gasteiger partial charge in [-0.2, -0.15) is 5.26 Å². The maximum absolute atomic E-state index is 13.5. The fraction of sp³-hybridized carbons (Fsp3) is 0.200. The highest BCUT2D eigenvalue weighted by atomic mass is 19.1. The van der Waals surface area contributed by atoms with Gasteiger partial charge in [0, 0.05) is 17.0 Å². The summed E-state index contributed by atoms with van der Waals surface area (Å²) >= 11 is 0. The van der Waals surface area contributed by atoms with Gasteiger partial charge in [0.05, 0.1) is 5.52 Å². The Bertz CT molecular complexity index is 900. The standard InChI is InChI=1S/C15H11FN4/c16-10-4-3-9-5-13(8-1-2-8)20-14(11(9)6-10)12(7-17)15(18)19-20/h3-6,8H,1-2H2,(H2,18,19). The maximum atomic E-state index is 13.5. The predicted molar refractivity (Wildman–Crippen MR) is 73.8 cm³/mol. The summed E-state index contributed by atoms with van der Waals surface area (Å²) in [7, 11) is 0. The third-order valence-electron chi connectivity index (χ3n) is 3.84. The van der Waals surface area contributed by atoms with E-state index in [9.17, 15) is 9.65 Å². The molecular weight excluding hydrogens is 255 g/mol. The summed E-state index contributed by atoms with van der Waals surface area (Å²) in [6, 6.07) is 8.71. The van der Waals surface area contributed by atoms with Crippen molar-refractivity contribution in [1.82, 2.24) is 9.61 Å². The molecule has 20 heavy (non-hydrogen) atoms. The van der Waals surface area contributed by atoms with E-state index in [1.165, 1.54) is 12.1 Å². The number of pyridine rings is 1. The van der Waals surface area contributed by atoms with Gasteiger partial charge in [0.25, 0.3) is 0 Å². The van der Waals surface area contributed by atoms with E-state index in [1.807, 2.05) is 6.07 Å². The molecule has 0 aliphatic heterocycles. The minimum Gasteiger partial charge on any atom is -0.381 e. The Labute approximate surface area is 114 Å². The zero-order chi connectivity index (χ0) is 13.9. The van der Waals surface area contributed by atoms with Crippen molar-refractivity contribution >= 4 is 22.1 Å². The van der Waals surface area contributed by atoms with Gasteiger partial charge in [0.15, 0.2) is 5.82 Å². The van der Waals surface area contributed by atoms with E-state index < -0.39 is 0 Å². The highest BCUT2D eigenvalue weighted by Gasteiger charge is 2.28. The van der Waals surface area contributed by atoms with Gasteiger partial charge < -0.3 is 5.73 Å². The molecule has 2 N–H and O–H groups in total. The minimum absolute atomic E-state index is 0.200. The Morgan fingerprint density at radius 2 is 2.15 bits per heavy atom. The largest absolute Gasteiger partial charge is 0.381 e. The third-order valence-corrected chi connectivity index (χ3v) is 3.84. The van der Waals surface area contributed by atoms with Gasteiger partial charge in [-0.15, -0.1) is 5.10 Å². The van der Waals surface area contributed by atoms with E-state index in [1.54, 1.807) is 10.6 Å². The van der Waals surface area contributed by atoms with E-state index >= 15 is 0 Å². The van der Waals surface area contributed by atoms with Crippen LogP contribution in [0.3, 0.4) is 0 Å². The molecule has 4 rings (SSSR count). The van der Waals surface area contributed by atoms with Gasteiger partial charge in [0.1, 0.15) is 17.4 Å². The molecule has 0 bridgehead atoms. The summed E-state index contributed by atoms with van der Waals surface area (Å²) in [6.45, 7) is 0. The number of halogens is 1. The SMILES string of the molecule is N#Cc1c(N)nn2c(C3CC3)cc3ccc(F)cc3c12. The molecule has 0 spiro atoms. The highest BCUT2D eigenvalue weighted by Crippen LogP contribution is 2.42. The monoisotopic (exact) mass is 266 g/mol. The summed E-state index contributed by atoms with van der Waals surface area (Å²) in [6.07, 6.45) is 2.23. The highest BCUT2D eigenvalue weighted by molar-refractivity contribution is 6.00. The Kier molecular flexibility index (Phi) is 2.08. The maximum Gasteiger partial charge on any atom is 0.164 e. The molecule has 5 heteroatoms. The van der Waals surface area contributed by atoms with Crippen LogP contribution in [0.15, 0.2) is 24.3 Å². The van der Waals surface area contributed by atoms with Crippen molar-refractivity contribution in [1.29, 1.82) is 5.26 Å². The van der Waals surface area contributed by atoms with Gasteiger partial charge in [-0.05, 0) is 36.4 Å². The fourth-order valence-corrected chi connectivity index (χ4v) is 2.73. The number of rotatable bonds is 1. The van der Waals surface area contributed by atoms with E-state index in [0.717, 1.165) is 23.9 Å². The first kappa shape index (κ1) is 11.2. The van der Waals surface area contributed by atoms with Crippen molar-refractivity contribution < 1.29 is 4.39 Å². The lowest BCUT2D eigenvalue weighted by atomic mass is 10.1. The van der Waals surface area contributed by atoms with Gasteiger partial charge in [-0.25, -0.2) is 8.91 Å². The van der Waals surface area contributed by atoms with Crippen molar-refractivity contribution in [3.63, 3.8) is 0 Å². The number of anilines is 1. The van der Waals surface area contributed by atoms with Crippen LogP contribution >= 0.6 is 0 Å². The Morgan fingerprint density at radius 1 is 1.35 bits per heavy atom. The van der Waals surface area contributed by atoms with E-state index in [0.29, 0.717) is 22.4 Å². The topological polar surface area (TPSA) is 67.1 Å². The lowest BCUT2D eigenvalue weighted by Crippen LogP contribution is -1.98. The number of nitrogens with zero attached hydrogens (tertiary/aromatic N) is 3. The first-order chi connectivity index (χ1) is 9.69. The Morgan fingerprint density at radius 3 is 2.85 bits per heavy atom.